The lowest BCUT2D eigenvalue weighted by atomic mass is 9.83. The number of nitrogens with zero attached hydrogens (tertiary/aromatic N) is 3. The summed E-state index contributed by atoms with van der Waals surface area (Å²) in [5.41, 5.74) is 10.8. The Hall–Kier alpha value is -4.73. The van der Waals surface area contributed by atoms with Crippen LogP contribution in [0.5, 0.6) is 5.75 Å². The zero-order valence-corrected chi connectivity index (χ0v) is 23.4. The first-order valence-electron chi connectivity index (χ1n) is 13.3. The van der Waals surface area contributed by atoms with E-state index >= 15 is 0 Å². The average Bonchev–Trinajstić information content (AvgIpc) is 3.46. The number of nitrogens with two attached hydrogens (primary N) is 1. The first-order valence-corrected chi connectivity index (χ1v) is 14.3. The number of hydrogen-bond donors (Lipinski definition) is 1. The number of hydrogen-bond acceptors (Lipinski definition) is 9. The van der Waals surface area contributed by atoms with Gasteiger partial charge in [-0.1, -0.05) is 54.2 Å². The molecule has 0 unspecified atom stereocenters. The van der Waals surface area contributed by atoms with Crippen molar-refractivity contribution in [2.24, 2.45) is 5.73 Å². The molecule has 3 aromatic rings. The third kappa shape index (κ3) is 6.06. The molecule has 2 N–H and O–H groups in total. The zero-order chi connectivity index (χ0) is 28.8. The summed E-state index contributed by atoms with van der Waals surface area (Å²) < 4.78 is 17.2. The molecule has 1 aliphatic heterocycles. The first kappa shape index (κ1) is 27.8. The molecule has 1 aromatic heterocycles. The maximum Gasteiger partial charge on any atom is 0.338 e. The van der Waals surface area contributed by atoms with Crippen LogP contribution in [-0.2, 0) is 33.7 Å². The van der Waals surface area contributed by atoms with Crippen LogP contribution in [0, 0.1) is 22.7 Å². The summed E-state index contributed by atoms with van der Waals surface area (Å²) in [5.74, 6) is -0.388. The Morgan fingerprint density at radius 2 is 1.90 bits per heavy atom. The maximum atomic E-state index is 13.3. The first-order chi connectivity index (χ1) is 20.0. The summed E-state index contributed by atoms with van der Waals surface area (Å²) in [6, 6.07) is 23.3. The fourth-order valence-corrected chi connectivity index (χ4v) is 5.88. The van der Waals surface area contributed by atoms with E-state index in [0.717, 1.165) is 36.1 Å². The number of carbonyl (C=O) groups is 1. The number of allylic oxidation sites excluding steroid dienone is 1. The van der Waals surface area contributed by atoms with Gasteiger partial charge in [-0.2, -0.15) is 10.5 Å². The van der Waals surface area contributed by atoms with Crippen LogP contribution in [0.25, 0.3) is 0 Å². The fourth-order valence-electron chi connectivity index (χ4n) is 4.97. The number of pyridine rings is 1. The number of ether oxygens (including phenoxy) is 3. The summed E-state index contributed by atoms with van der Waals surface area (Å²) >= 11 is 1.29. The third-order valence-corrected chi connectivity index (χ3v) is 7.92. The van der Waals surface area contributed by atoms with E-state index in [9.17, 15) is 15.3 Å². The van der Waals surface area contributed by atoms with Crippen LogP contribution in [-0.4, -0.2) is 23.3 Å². The molecule has 9 heteroatoms. The van der Waals surface area contributed by atoms with Gasteiger partial charge in [-0.25, -0.2) is 9.78 Å². The quantitative estimate of drug-likeness (QED) is 0.267. The van der Waals surface area contributed by atoms with Gasteiger partial charge >= 0.3 is 5.97 Å². The predicted molar refractivity (Wildman–Crippen MR) is 153 cm³/mol. The van der Waals surface area contributed by atoms with E-state index in [4.69, 9.17) is 24.9 Å². The van der Waals surface area contributed by atoms with Crippen LogP contribution in [0.3, 0.4) is 0 Å². The molecular formula is C32H28N4O4S. The van der Waals surface area contributed by atoms with Crippen molar-refractivity contribution in [3.63, 3.8) is 0 Å². The minimum absolute atomic E-state index is 0.0760. The topological polar surface area (TPSA) is 131 Å². The van der Waals surface area contributed by atoms with Gasteiger partial charge in [0.2, 0.25) is 5.88 Å². The molecule has 0 bridgehead atoms. The number of thioether (sulfide) groups is 1. The highest BCUT2D eigenvalue weighted by molar-refractivity contribution is 7.99. The van der Waals surface area contributed by atoms with Gasteiger partial charge in [0, 0.05) is 5.69 Å². The predicted octanol–water partition coefficient (Wildman–Crippen LogP) is 5.44. The minimum Gasteiger partial charge on any atom is -0.489 e. The largest absolute Gasteiger partial charge is 0.489 e. The van der Waals surface area contributed by atoms with Crippen LogP contribution >= 0.6 is 11.8 Å². The van der Waals surface area contributed by atoms with E-state index in [1.807, 2.05) is 36.4 Å². The van der Waals surface area contributed by atoms with Crippen molar-refractivity contribution in [2.45, 2.75) is 43.7 Å². The molecule has 0 radical (unpaired) electrons. The van der Waals surface area contributed by atoms with Crippen LogP contribution in [0.15, 0.2) is 88.5 Å². The highest BCUT2D eigenvalue weighted by Gasteiger charge is 2.37. The smallest absolute Gasteiger partial charge is 0.338 e. The summed E-state index contributed by atoms with van der Waals surface area (Å²) in [6.45, 7) is 2.27. The summed E-state index contributed by atoms with van der Waals surface area (Å²) in [4.78, 5) is 18.1. The fraction of sp³-hybridized carbons (Fsp3) is 0.250. The lowest BCUT2D eigenvalue weighted by Crippen LogP contribution is -2.27. The second-order valence-corrected chi connectivity index (χ2v) is 10.5. The van der Waals surface area contributed by atoms with Gasteiger partial charge in [-0.05, 0) is 61.1 Å². The van der Waals surface area contributed by atoms with Gasteiger partial charge in [0.15, 0.2) is 0 Å². The van der Waals surface area contributed by atoms with Gasteiger partial charge in [-0.3, -0.25) is 0 Å². The number of esters is 1. The van der Waals surface area contributed by atoms with E-state index in [1.165, 1.54) is 11.8 Å². The molecule has 2 heterocycles. The molecule has 0 saturated heterocycles. The SMILES string of the molecule is CCOC(=O)C1=C(CSc2nc3c(cc2C#N)CCC3)OC(N)=C(C#N)[C@H]1c1ccc(OCc2ccccc2)cc1. The van der Waals surface area contributed by atoms with Gasteiger partial charge in [-0.15, -0.1) is 0 Å². The number of rotatable bonds is 9. The minimum atomic E-state index is -0.796. The number of benzene rings is 2. The molecular weight excluding hydrogens is 536 g/mol. The van der Waals surface area contributed by atoms with Crippen molar-refractivity contribution in [1.29, 1.82) is 10.5 Å². The second-order valence-electron chi connectivity index (χ2n) is 9.53. The highest BCUT2D eigenvalue weighted by Crippen LogP contribution is 2.42. The average molecular weight is 565 g/mol. The monoisotopic (exact) mass is 564 g/mol. The number of nitriles is 2. The summed E-state index contributed by atoms with van der Waals surface area (Å²) in [5, 5.41) is 20.3. The molecule has 206 valence electrons. The molecule has 5 rings (SSSR count). The van der Waals surface area contributed by atoms with Crippen molar-refractivity contribution in [2.75, 3.05) is 12.4 Å². The van der Waals surface area contributed by atoms with E-state index in [1.54, 1.807) is 31.2 Å². The molecule has 2 aliphatic rings. The molecule has 41 heavy (non-hydrogen) atoms. The number of fused-ring (bicyclic) bond motifs is 1. The Morgan fingerprint density at radius 3 is 2.61 bits per heavy atom. The number of aromatic nitrogens is 1. The number of aryl methyl sites for hydroxylation is 2. The third-order valence-electron chi connectivity index (χ3n) is 6.93. The molecule has 0 spiro atoms. The van der Waals surface area contributed by atoms with Crippen molar-refractivity contribution in [3.05, 3.63) is 111 Å². The van der Waals surface area contributed by atoms with Gasteiger partial charge in [0.25, 0.3) is 0 Å². The normalized spacial score (nSPS) is 15.9. The molecule has 0 fully saturated rings. The molecule has 0 amide bonds. The summed E-state index contributed by atoms with van der Waals surface area (Å²) in [6.07, 6.45) is 2.80. The Bertz CT molecular complexity index is 1600. The van der Waals surface area contributed by atoms with Crippen LogP contribution in [0.2, 0.25) is 0 Å². The van der Waals surface area contributed by atoms with Crippen LogP contribution < -0.4 is 10.5 Å². The highest BCUT2D eigenvalue weighted by atomic mass is 32.2. The number of carbonyl (C=O) groups excluding carboxylic acids is 1. The maximum absolute atomic E-state index is 13.3. The second kappa shape index (κ2) is 12.6. The van der Waals surface area contributed by atoms with Crippen LogP contribution in [0.1, 0.15) is 47.2 Å². The van der Waals surface area contributed by atoms with Crippen molar-refractivity contribution in [1.82, 2.24) is 4.98 Å². The lowest BCUT2D eigenvalue weighted by molar-refractivity contribution is -0.139. The Balaban J connectivity index is 1.46. The van der Waals surface area contributed by atoms with Gasteiger partial charge in [0.05, 0.1) is 29.4 Å². The van der Waals surface area contributed by atoms with Crippen LogP contribution in [0.4, 0.5) is 0 Å². The molecule has 1 atom stereocenters. The molecule has 0 saturated carbocycles. The lowest BCUT2D eigenvalue weighted by Gasteiger charge is -2.28. The van der Waals surface area contributed by atoms with E-state index in [2.05, 4.69) is 12.1 Å². The molecule has 1 aliphatic carbocycles. The standard InChI is InChI=1S/C32H28N4O4S/c1-2-38-32(37)29-27(19-41-31-23(16-33)15-22-9-6-10-26(22)36-31)40-30(35)25(17-34)28(29)21-11-13-24(14-12-21)39-18-20-7-4-3-5-8-20/h3-5,7-8,11-15,28H,2,6,9-10,18-19,35H2,1H3/t28-/m1/s1. The van der Waals surface area contributed by atoms with Crippen molar-refractivity contribution in [3.8, 4) is 17.9 Å². The summed E-state index contributed by atoms with van der Waals surface area (Å²) in [7, 11) is 0. The zero-order valence-electron chi connectivity index (χ0n) is 22.6. The van der Waals surface area contributed by atoms with E-state index < -0.39 is 11.9 Å². The molecule has 8 nitrogen and oxygen atoms in total. The Kier molecular flexibility index (Phi) is 8.57. The Morgan fingerprint density at radius 1 is 1.12 bits per heavy atom. The van der Waals surface area contributed by atoms with Gasteiger partial charge < -0.3 is 19.9 Å². The molecule has 2 aromatic carbocycles. The van der Waals surface area contributed by atoms with Gasteiger partial charge in [0.1, 0.15) is 40.9 Å². The Labute approximate surface area is 243 Å². The van der Waals surface area contributed by atoms with Crippen molar-refractivity contribution < 1.29 is 19.0 Å². The van der Waals surface area contributed by atoms with E-state index in [0.29, 0.717) is 28.5 Å². The van der Waals surface area contributed by atoms with Crippen molar-refractivity contribution >= 4 is 17.7 Å². The van der Waals surface area contributed by atoms with E-state index in [-0.39, 0.29) is 35.1 Å².